The lowest BCUT2D eigenvalue weighted by Gasteiger charge is -2.29. The third-order valence-corrected chi connectivity index (χ3v) is 6.85. The first-order valence-electron chi connectivity index (χ1n) is 10.7. The quantitative estimate of drug-likeness (QED) is 0.378. The highest BCUT2D eigenvalue weighted by atomic mass is 79.9. The van der Waals surface area contributed by atoms with E-state index in [1.807, 2.05) is 56.3 Å². The molecule has 1 aromatic heterocycles. The molecule has 2 aromatic carbocycles. The summed E-state index contributed by atoms with van der Waals surface area (Å²) in [6.45, 7) is 6.02. The first-order chi connectivity index (χ1) is 15.9. The number of benzene rings is 2. The van der Waals surface area contributed by atoms with Crippen molar-refractivity contribution in [3.8, 4) is 5.75 Å². The predicted octanol–water partition coefficient (Wildman–Crippen LogP) is 5.79. The lowest BCUT2D eigenvalue weighted by molar-refractivity contribution is -0.113. The van der Waals surface area contributed by atoms with Gasteiger partial charge in [0.1, 0.15) is 11.8 Å². The Labute approximate surface area is 206 Å². The maximum absolute atomic E-state index is 13.6. The second-order valence-corrected chi connectivity index (χ2v) is 9.76. The summed E-state index contributed by atoms with van der Waals surface area (Å²) < 4.78 is 8.33. The molecule has 33 heavy (non-hydrogen) atoms. The van der Waals surface area contributed by atoms with E-state index in [9.17, 15) is 4.79 Å². The highest BCUT2D eigenvalue weighted by Crippen LogP contribution is 2.41. The van der Waals surface area contributed by atoms with Gasteiger partial charge in [-0.25, -0.2) is 4.68 Å². The summed E-state index contributed by atoms with van der Waals surface area (Å²) >= 11 is 5.16. The fraction of sp³-hybridized carbons (Fsp3) is 0.292. The Bertz CT molecular complexity index is 1210. The zero-order valence-corrected chi connectivity index (χ0v) is 21.4. The minimum Gasteiger partial charge on any atom is -0.496 e. The number of amides is 1. The van der Waals surface area contributed by atoms with Gasteiger partial charge in [-0.15, -0.1) is 5.10 Å². The number of hydrogen-bond acceptors (Lipinski definition) is 6. The van der Waals surface area contributed by atoms with E-state index in [0.717, 1.165) is 39.2 Å². The standard InChI is InChI=1S/C24H26BrN5O2S/c1-5-12-33-24-28-23-26-15(3)20(22(31)27-17-9-6-14(2)7-10-17)21(30(23)29-24)18-13-16(25)8-11-19(18)32-4/h6-11,13,21H,5,12H2,1-4H3,(H,27,31)(H,26,28,29). The molecule has 3 aromatic rings. The molecule has 7 nitrogen and oxygen atoms in total. The number of hydrogen-bond donors (Lipinski definition) is 2. The van der Waals surface area contributed by atoms with E-state index in [0.29, 0.717) is 22.4 Å². The van der Waals surface area contributed by atoms with Crippen LogP contribution in [0, 0.1) is 6.92 Å². The highest BCUT2D eigenvalue weighted by Gasteiger charge is 2.36. The van der Waals surface area contributed by atoms with Crippen LogP contribution in [0.2, 0.25) is 0 Å². The molecule has 0 saturated carbocycles. The van der Waals surface area contributed by atoms with Gasteiger partial charge in [0.05, 0.1) is 12.7 Å². The number of ether oxygens (including phenoxy) is 1. The first kappa shape index (κ1) is 23.4. The lowest BCUT2D eigenvalue weighted by atomic mass is 9.94. The fourth-order valence-corrected chi connectivity index (χ4v) is 4.78. The van der Waals surface area contributed by atoms with E-state index < -0.39 is 6.04 Å². The van der Waals surface area contributed by atoms with Crippen molar-refractivity contribution in [2.75, 3.05) is 23.5 Å². The van der Waals surface area contributed by atoms with Gasteiger partial charge in [-0.1, -0.05) is 52.3 Å². The number of nitrogens with one attached hydrogen (secondary N) is 2. The van der Waals surface area contributed by atoms with Gasteiger partial charge >= 0.3 is 0 Å². The second kappa shape index (κ2) is 10.0. The average molecular weight is 528 g/mol. The van der Waals surface area contributed by atoms with Crippen molar-refractivity contribution in [1.82, 2.24) is 14.8 Å². The number of thioether (sulfide) groups is 1. The number of nitrogens with zero attached hydrogens (tertiary/aromatic N) is 3. The van der Waals surface area contributed by atoms with Crippen molar-refractivity contribution >= 4 is 45.2 Å². The van der Waals surface area contributed by atoms with Crippen molar-refractivity contribution in [3.05, 3.63) is 69.3 Å². The predicted molar refractivity (Wildman–Crippen MR) is 136 cm³/mol. The van der Waals surface area contributed by atoms with Gasteiger partial charge in [0, 0.05) is 27.2 Å². The van der Waals surface area contributed by atoms with Crippen LogP contribution in [0.3, 0.4) is 0 Å². The molecule has 9 heteroatoms. The van der Waals surface area contributed by atoms with Crippen LogP contribution in [0.4, 0.5) is 11.6 Å². The Morgan fingerprint density at radius 3 is 2.70 bits per heavy atom. The molecule has 0 radical (unpaired) electrons. The summed E-state index contributed by atoms with van der Waals surface area (Å²) in [6, 6.07) is 13.0. The number of allylic oxidation sites excluding steroid dienone is 1. The number of fused-ring (bicyclic) bond motifs is 1. The molecule has 2 heterocycles. The zero-order valence-electron chi connectivity index (χ0n) is 19.0. The molecule has 172 valence electrons. The molecule has 2 N–H and O–H groups in total. The monoisotopic (exact) mass is 527 g/mol. The summed E-state index contributed by atoms with van der Waals surface area (Å²) in [5.74, 6) is 1.98. The smallest absolute Gasteiger partial charge is 0.255 e. The van der Waals surface area contributed by atoms with E-state index >= 15 is 0 Å². The van der Waals surface area contributed by atoms with E-state index in [-0.39, 0.29) is 5.91 Å². The number of carbonyl (C=O) groups is 1. The SMILES string of the molecule is CCCSc1nc2n(n1)C(c1cc(Br)ccc1OC)C(C(=O)Nc1ccc(C)cc1)=C(C)N2. The van der Waals surface area contributed by atoms with Gasteiger partial charge in [-0.2, -0.15) is 4.98 Å². The van der Waals surface area contributed by atoms with Gasteiger partial charge in [0.15, 0.2) is 0 Å². The first-order valence-corrected chi connectivity index (χ1v) is 12.5. The van der Waals surface area contributed by atoms with E-state index in [4.69, 9.17) is 9.84 Å². The van der Waals surface area contributed by atoms with Crippen LogP contribution in [-0.2, 0) is 4.79 Å². The summed E-state index contributed by atoms with van der Waals surface area (Å²) in [7, 11) is 1.63. The molecule has 0 saturated heterocycles. The molecule has 1 atom stereocenters. The van der Waals surface area contributed by atoms with E-state index in [2.05, 4.69) is 38.5 Å². The molecule has 1 amide bonds. The fourth-order valence-electron chi connectivity index (χ4n) is 3.72. The second-order valence-electron chi connectivity index (χ2n) is 7.78. The third kappa shape index (κ3) is 4.94. The summed E-state index contributed by atoms with van der Waals surface area (Å²) in [5.41, 5.74) is 3.95. The number of carbonyl (C=O) groups excluding carboxylic acids is 1. The number of aromatic nitrogens is 3. The number of halogens is 1. The molecular weight excluding hydrogens is 502 g/mol. The molecule has 0 bridgehead atoms. The minimum atomic E-state index is -0.511. The number of methoxy groups -OCH3 is 1. The number of rotatable bonds is 7. The molecule has 0 fully saturated rings. The van der Waals surface area contributed by atoms with Gasteiger partial charge in [-0.3, -0.25) is 4.79 Å². The Morgan fingerprint density at radius 2 is 2.00 bits per heavy atom. The summed E-state index contributed by atoms with van der Waals surface area (Å²) in [5, 5.41) is 11.7. The zero-order chi connectivity index (χ0) is 23.5. The van der Waals surface area contributed by atoms with Gasteiger partial charge < -0.3 is 15.4 Å². The van der Waals surface area contributed by atoms with Gasteiger partial charge in [-0.05, 0) is 50.6 Å². The Kier molecular flexibility index (Phi) is 7.09. The molecular formula is C24H26BrN5O2S. The van der Waals surface area contributed by atoms with Crippen LogP contribution in [0.15, 0.2) is 63.4 Å². The van der Waals surface area contributed by atoms with Crippen molar-refractivity contribution in [3.63, 3.8) is 0 Å². The summed E-state index contributed by atoms with van der Waals surface area (Å²) in [6.07, 6.45) is 1.02. The van der Waals surface area contributed by atoms with Gasteiger partial charge in [0.2, 0.25) is 11.1 Å². The van der Waals surface area contributed by atoms with Crippen LogP contribution in [0.1, 0.15) is 37.4 Å². The highest BCUT2D eigenvalue weighted by molar-refractivity contribution is 9.10. The summed E-state index contributed by atoms with van der Waals surface area (Å²) in [4.78, 5) is 18.3. The van der Waals surface area contributed by atoms with Crippen LogP contribution in [-0.4, -0.2) is 33.5 Å². The average Bonchev–Trinajstić information content (AvgIpc) is 3.20. The topological polar surface area (TPSA) is 81.1 Å². The number of aryl methyl sites for hydroxylation is 1. The maximum Gasteiger partial charge on any atom is 0.255 e. The molecule has 1 aliphatic rings. The Morgan fingerprint density at radius 1 is 1.24 bits per heavy atom. The third-order valence-electron chi connectivity index (χ3n) is 5.31. The van der Waals surface area contributed by atoms with Crippen LogP contribution in [0.25, 0.3) is 0 Å². The van der Waals surface area contributed by atoms with Crippen molar-refractivity contribution in [1.29, 1.82) is 0 Å². The Balaban J connectivity index is 1.81. The normalized spacial score (nSPS) is 15.1. The Hall–Kier alpha value is -2.78. The molecule has 1 aliphatic heterocycles. The van der Waals surface area contributed by atoms with Crippen molar-refractivity contribution < 1.29 is 9.53 Å². The largest absolute Gasteiger partial charge is 0.496 e. The van der Waals surface area contributed by atoms with Crippen LogP contribution >= 0.6 is 27.7 Å². The van der Waals surface area contributed by atoms with E-state index in [1.165, 1.54) is 0 Å². The minimum absolute atomic E-state index is 0.209. The number of anilines is 2. The molecule has 0 aliphatic carbocycles. The van der Waals surface area contributed by atoms with Crippen LogP contribution in [0.5, 0.6) is 5.75 Å². The lowest BCUT2D eigenvalue weighted by Crippen LogP contribution is -2.31. The van der Waals surface area contributed by atoms with E-state index in [1.54, 1.807) is 23.6 Å². The molecule has 0 spiro atoms. The van der Waals surface area contributed by atoms with Crippen molar-refractivity contribution in [2.45, 2.75) is 38.4 Å². The van der Waals surface area contributed by atoms with Gasteiger partial charge in [0.25, 0.3) is 5.91 Å². The maximum atomic E-state index is 13.6. The molecule has 1 unspecified atom stereocenters. The molecule has 4 rings (SSSR count). The van der Waals surface area contributed by atoms with Crippen LogP contribution < -0.4 is 15.4 Å². The van der Waals surface area contributed by atoms with Crippen molar-refractivity contribution in [2.24, 2.45) is 0 Å².